The van der Waals surface area contributed by atoms with Gasteiger partial charge in [0.1, 0.15) is 0 Å². The second kappa shape index (κ2) is 10.5. The highest BCUT2D eigenvalue weighted by molar-refractivity contribution is 5.12. The van der Waals surface area contributed by atoms with Crippen molar-refractivity contribution in [3.05, 3.63) is 60.2 Å². The Labute approximate surface area is 111 Å². The molecule has 0 aliphatic rings. The van der Waals surface area contributed by atoms with E-state index in [1.54, 1.807) is 12.4 Å². The molecule has 2 nitrogen and oxygen atoms in total. The molecule has 0 radical (unpaired) electrons. The minimum atomic E-state index is 0.596. The Hall–Kier alpha value is -1.70. The summed E-state index contributed by atoms with van der Waals surface area (Å²) in [7, 11) is 0. The second-order valence-electron chi connectivity index (χ2n) is 3.91. The van der Waals surface area contributed by atoms with Gasteiger partial charge in [0.15, 0.2) is 0 Å². The van der Waals surface area contributed by atoms with E-state index in [2.05, 4.69) is 29.9 Å². The first-order valence-corrected chi connectivity index (χ1v) is 6.47. The van der Waals surface area contributed by atoms with E-state index in [0.717, 1.165) is 5.69 Å². The van der Waals surface area contributed by atoms with Crippen molar-refractivity contribution in [2.24, 2.45) is 0 Å². The van der Waals surface area contributed by atoms with Crippen LogP contribution >= 0.6 is 0 Å². The summed E-state index contributed by atoms with van der Waals surface area (Å²) < 4.78 is 0. The summed E-state index contributed by atoms with van der Waals surface area (Å²) in [5.41, 5.74) is 2.38. The highest BCUT2D eigenvalue weighted by Gasteiger charge is 1.94. The van der Waals surface area contributed by atoms with Gasteiger partial charge in [-0.15, -0.1) is 0 Å². The van der Waals surface area contributed by atoms with Crippen LogP contribution in [0, 0.1) is 6.92 Å². The first-order chi connectivity index (χ1) is 8.70. The Morgan fingerprint density at radius 2 is 1.67 bits per heavy atom. The summed E-state index contributed by atoms with van der Waals surface area (Å²) in [6, 6.07) is 9.92. The van der Waals surface area contributed by atoms with Gasteiger partial charge in [-0.1, -0.05) is 39.8 Å². The van der Waals surface area contributed by atoms with Gasteiger partial charge in [-0.25, -0.2) is 0 Å². The summed E-state index contributed by atoms with van der Waals surface area (Å²) in [4.78, 5) is 7.99. The van der Waals surface area contributed by atoms with Crippen molar-refractivity contribution in [3.63, 3.8) is 0 Å². The topological polar surface area (TPSA) is 25.8 Å². The van der Waals surface area contributed by atoms with E-state index in [-0.39, 0.29) is 0 Å². The summed E-state index contributed by atoms with van der Waals surface area (Å²) in [5, 5.41) is 0. The fourth-order valence-corrected chi connectivity index (χ4v) is 1.17. The SMILES string of the molecule is CC.CC(C)c1cccnc1.Cc1ccccn1. The number of rotatable bonds is 1. The minimum absolute atomic E-state index is 0.596. The summed E-state index contributed by atoms with van der Waals surface area (Å²) >= 11 is 0. The predicted molar refractivity (Wildman–Crippen MR) is 78.6 cm³/mol. The number of nitrogens with zero attached hydrogens (tertiary/aromatic N) is 2. The van der Waals surface area contributed by atoms with Crippen LogP contribution in [-0.2, 0) is 0 Å². The second-order valence-corrected chi connectivity index (χ2v) is 3.91. The third kappa shape index (κ3) is 7.55. The number of hydrogen-bond donors (Lipinski definition) is 0. The van der Waals surface area contributed by atoms with E-state index >= 15 is 0 Å². The Morgan fingerprint density at radius 3 is 1.94 bits per heavy atom. The molecule has 0 unspecified atom stereocenters. The molecular weight excluding hydrogens is 220 g/mol. The number of aryl methyl sites for hydroxylation is 1. The van der Waals surface area contributed by atoms with Gasteiger partial charge >= 0.3 is 0 Å². The summed E-state index contributed by atoms with van der Waals surface area (Å²) in [6.45, 7) is 10.3. The highest BCUT2D eigenvalue weighted by Crippen LogP contribution is 2.10. The lowest BCUT2D eigenvalue weighted by Gasteiger charge is -2.00. The molecule has 0 aromatic carbocycles. The number of hydrogen-bond acceptors (Lipinski definition) is 2. The van der Waals surface area contributed by atoms with Crippen molar-refractivity contribution in [1.82, 2.24) is 9.97 Å². The molecule has 0 aliphatic heterocycles. The molecule has 2 aromatic heterocycles. The van der Waals surface area contributed by atoms with Crippen LogP contribution in [0.4, 0.5) is 0 Å². The lowest BCUT2D eigenvalue weighted by atomic mass is 10.1. The van der Waals surface area contributed by atoms with Crippen LogP contribution in [0.1, 0.15) is 44.9 Å². The Morgan fingerprint density at radius 1 is 0.944 bits per heavy atom. The Balaban J connectivity index is 0.000000289. The standard InChI is InChI=1S/C8H11N.C6H7N.C2H6/c1-7(2)8-4-3-5-9-6-8;1-6-4-2-3-5-7-6;1-2/h3-7H,1-2H3;2-5H,1H3;1-2H3. The van der Waals surface area contributed by atoms with E-state index in [9.17, 15) is 0 Å². The normalized spacial score (nSPS) is 8.78. The monoisotopic (exact) mass is 244 g/mol. The third-order valence-electron chi connectivity index (χ3n) is 2.16. The molecule has 2 heteroatoms. The molecule has 0 fully saturated rings. The van der Waals surface area contributed by atoms with Gasteiger partial charge in [0.05, 0.1) is 0 Å². The maximum atomic E-state index is 4.01. The molecule has 0 saturated carbocycles. The fraction of sp³-hybridized carbons (Fsp3) is 0.375. The van der Waals surface area contributed by atoms with Crippen LogP contribution in [0.15, 0.2) is 48.9 Å². The average Bonchev–Trinajstić information content (AvgIpc) is 2.43. The van der Waals surface area contributed by atoms with Crippen molar-refractivity contribution in [3.8, 4) is 0 Å². The zero-order valence-electron chi connectivity index (χ0n) is 12.1. The lowest BCUT2D eigenvalue weighted by Crippen LogP contribution is -1.85. The van der Waals surface area contributed by atoms with E-state index in [0.29, 0.717) is 5.92 Å². The van der Waals surface area contributed by atoms with E-state index < -0.39 is 0 Å². The zero-order valence-corrected chi connectivity index (χ0v) is 12.1. The highest BCUT2D eigenvalue weighted by atomic mass is 14.6. The molecule has 2 rings (SSSR count). The van der Waals surface area contributed by atoms with Crippen LogP contribution in [0.25, 0.3) is 0 Å². The molecule has 0 spiro atoms. The third-order valence-corrected chi connectivity index (χ3v) is 2.16. The smallest absolute Gasteiger partial charge is 0.0372 e. The van der Waals surface area contributed by atoms with Gasteiger partial charge in [-0.2, -0.15) is 0 Å². The molecule has 98 valence electrons. The van der Waals surface area contributed by atoms with Crippen LogP contribution in [-0.4, -0.2) is 9.97 Å². The van der Waals surface area contributed by atoms with Gasteiger partial charge < -0.3 is 0 Å². The van der Waals surface area contributed by atoms with Crippen LogP contribution in [0.3, 0.4) is 0 Å². The van der Waals surface area contributed by atoms with E-state index in [4.69, 9.17) is 0 Å². The summed E-state index contributed by atoms with van der Waals surface area (Å²) in [6.07, 6.45) is 5.49. The van der Waals surface area contributed by atoms with Crippen molar-refractivity contribution < 1.29 is 0 Å². The van der Waals surface area contributed by atoms with Gasteiger partial charge in [0, 0.05) is 24.3 Å². The van der Waals surface area contributed by atoms with E-state index in [1.165, 1.54) is 5.56 Å². The minimum Gasteiger partial charge on any atom is -0.264 e. The van der Waals surface area contributed by atoms with Crippen molar-refractivity contribution in [2.45, 2.75) is 40.5 Å². The summed E-state index contributed by atoms with van der Waals surface area (Å²) in [5.74, 6) is 0.596. The van der Waals surface area contributed by atoms with Crippen molar-refractivity contribution >= 4 is 0 Å². The Bertz CT molecular complexity index is 382. The predicted octanol–water partition coefficient (Wildman–Crippen LogP) is 4.62. The largest absolute Gasteiger partial charge is 0.264 e. The molecule has 0 amide bonds. The molecule has 18 heavy (non-hydrogen) atoms. The average molecular weight is 244 g/mol. The molecule has 0 bridgehead atoms. The lowest BCUT2D eigenvalue weighted by molar-refractivity contribution is 0.858. The quantitative estimate of drug-likeness (QED) is 0.731. The van der Waals surface area contributed by atoms with E-state index in [1.807, 2.05) is 51.2 Å². The molecule has 0 aliphatic carbocycles. The Kier molecular flexibility index (Phi) is 9.47. The molecule has 0 saturated heterocycles. The first kappa shape index (κ1) is 16.3. The van der Waals surface area contributed by atoms with Crippen LogP contribution < -0.4 is 0 Å². The van der Waals surface area contributed by atoms with Crippen molar-refractivity contribution in [2.75, 3.05) is 0 Å². The molecular formula is C16H24N2. The first-order valence-electron chi connectivity index (χ1n) is 6.47. The van der Waals surface area contributed by atoms with Gasteiger partial charge in [0.25, 0.3) is 0 Å². The van der Waals surface area contributed by atoms with Gasteiger partial charge in [0.2, 0.25) is 0 Å². The number of aromatic nitrogens is 2. The van der Waals surface area contributed by atoms with Crippen LogP contribution in [0.2, 0.25) is 0 Å². The van der Waals surface area contributed by atoms with Gasteiger partial charge in [-0.05, 0) is 36.6 Å². The maximum Gasteiger partial charge on any atom is 0.0372 e. The molecule has 2 heterocycles. The van der Waals surface area contributed by atoms with Crippen molar-refractivity contribution in [1.29, 1.82) is 0 Å². The maximum absolute atomic E-state index is 4.01. The zero-order chi connectivity index (χ0) is 13.8. The molecule has 0 atom stereocenters. The van der Waals surface area contributed by atoms with Crippen LogP contribution in [0.5, 0.6) is 0 Å². The molecule has 2 aromatic rings. The molecule has 0 N–H and O–H groups in total. The fourth-order valence-electron chi connectivity index (χ4n) is 1.17. The van der Waals surface area contributed by atoms with Gasteiger partial charge in [-0.3, -0.25) is 9.97 Å². The number of pyridine rings is 2.